The van der Waals surface area contributed by atoms with Gasteiger partial charge in [0.2, 0.25) is 0 Å². The topological polar surface area (TPSA) is 56.1 Å². The fourth-order valence-corrected chi connectivity index (χ4v) is 3.86. The summed E-state index contributed by atoms with van der Waals surface area (Å²) in [7, 11) is 0. The monoisotopic (exact) mass is 461 g/mol. The van der Waals surface area contributed by atoms with E-state index in [2.05, 4.69) is 41.9 Å². The molecule has 0 radical (unpaired) electrons. The van der Waals surface area contributed by atoms with E-state index in [1.807, 2.05) is 30.3 Å². The van der Waals surface area contributed by atoms with Crippen LogP contribution in [0.3, 0.4) is 0 Å². The number of nitrogens with one attached hydrogen (secondary N) is 1. The quantitative estimate of drug-likeness (QED) is 0.301. The summed E-state index contributed by atoms with van der Waals surface area (Å²) in [6, 6.07) is 23.2. The molecule has 1 heterocycles. The van der Waals surface area contributed by atoms with Crippen molar-refractivity contribution in [2.24, 2.45) is 0 Å². The van der Waals surface area contributed by atoms with Crippen LogP contribution >= 0.6 is 11.6 Å². The molecule has 4 rings (SSSR count). The second kappa shape index (κ2) is 10.5. The molecular weight excluding hydrogens is 434 g/mol. The van der Waals surface area contributed by atoms with E-state index in [9.17, 15) is 4.79 Å². The van der Waals surface area contributed by atoms with Crippen LogP contribution in [-0.4, -0.2) is 22.1 Å². The lowest BCUT2D eigenvalue weighted by atomic mass is 10.0. The minimum atomic E-state index is -0.154. The van der Waals surface area contributed by atoms with E-state index in [0.717, 1.165) is 35.6 Å². The summed E-state index contributed by atoms with van der Waals surface area (Å²) in [4.78, 5) is 17.3. The Morgan fingerprint density at radius 3 is 2.48 bits per heavy atom. The minimum Gasteiger partial charge on any atom is -0.494 e. The zero-order valence-corrected chi connectivity index (χ0v) is 19.7. The number of halogens is 1. The van der Waals surface area contributed by atoms with E-state index >= 15 is 0 Å². The van der Waals surface area contributed by atoms with Crippen LogP contribution in [0.4, 0.5) is 0 Å². The molecule has 0 aliphatic rings. The Morgan fingerprint density at radius 2 is 1.76 bits per heavy atom. The molecule has 0 aliphatic heterocycles. The number of ether oxygens (including phenoxy) is 1. The van der Waals surface area contributed by atoms with Crippen LogP contribution in [0.1, 0.15) is 47.9 Å². The van der Waals surface area contributed by atoms with E-state index < -0.39 is 0 Å². The van der Waals surface area contributed by atoms with Gasteiger partial charge < -0.3 is 14.6 Å². The van der Waals surface area contributed by atoms with E-state index in [0.29, 0.717) is 29.7 Å². The number of fused-ring (bicyclic) bond motifs is 1. The summed E-state index contributed by atoms with van der Waals surface area (Å²) in [5.41, 5.74) is 3.84. The number of benzene rings is 3. The Kier molecular flexibility index (Phi) is 7.30. The van der Waals surface area contributed by atoms with Gasteiger partial charge in [-0.1, -0.05) is 49.7 Å². The number of carbonyl (C=O) groups excluding carboxylic acids is 1. The highest BCUT2D eigenvalue weighted by Crippen LogP contribution is 2.20. The molecule has 0 saturated carbocycles. The maximum absolute atomic E-state index is 12.5. The first-order valence-electron chi connectivity index (χ1n) is 11.2. The first kappa shape index (κ1) is 22.9. The molecule has 4 aromatic rings. The standard InChI is InChI=1S/C27H28ClN3O2/c1-19(2)20-10-14-23(15-11-20)33-17-5-16-31-25-7-4-3-6-24(25)30-26(31)18-29-27(32)21-8-12-22(28)13-9-21/h3-4,6-15,19H,5,16-18H2,1-2H3,(H,29,32). The molecule has 1 aromatic heterocycles. The molecule has 1 amide bonds. The van der Waals surface area contributed by atoms with Gasteiger partial charge in [0.1, 0.15) is 11.6 Å². The number of rotatable bonds is 9. The third-order valence-corrected chi connectivity index (χ3v) is 5.84. The molecule has 0 fully saturated rings. The maximum atomic E-state index is 12.5. The molecule has 0 saturated heterocycles. The highest BCUT2D eigenvalue weighted by atomic mass is 35.5. The van der Waals surface area contributed by atoms with E-state index in [-0.39, 0.29) is 5.91 Å². The van der Waals surface area contributed by atoms with Crippen molar-refractivity contribution < 1.29 is 9.53 Å². The molecule has 3 aromatic carbocycles. The van der Waals surface area contributed by atoms with Gasteiger partial charge in [-0.15, -0.1) is 0 Å². The lowest BCUT2D eigenvalue weighted by molar-refractivity contribution is 0.0949. The Hall–Kier alpha value is -3.31. The van der Waals surface area contributed by atoms with Gasteiger partial charge >= 0.3 is 0 Å². The number of aryl methyl sites for hydroxylation is 1. The third-order valence-electron chi connectivity index (χ3n) is 5.59. The van der Waals surface area contributed by atoms with Crippen molar-refractivity contribution in [2.45, 2.75) is 39.3 Å². The van der Waals surface area contributed by atoms with Gasteiger partial charge in [-0.25, -0.2) is 4.98 Å². The van der Waals surface area contributed by atoms with Crippen molar-refractivity contribution in [2.75, 3.05) is 6.61 Å². The second-order valence-electron chi connectivity index (χ2n) is 8.28. The molecule has 0 atom stereocenters. The summed E-state index contributed by atoms with van der Waals surface area (Å²) in [5, 5.41) is 3.57. The zero-order valence-electron chi connectivity index (χ0n) is 18.9. The van der Waals surface area contributed by atoms with Gasteiger partial charge in [-0.3, -0.25) is 4.79 Å². The number of hydrogen-bond acceptors (Lipinski definition) is 3. The predicted molar refractivity (Wildman–Crippen MR) is 133 cm³/mol. The summed E-state index contributed by atoms with van der Waals surface area (Å²) in [6.07, 6.45) is 0.824. The van der Waals surface area contributed by atoms with E-state index in [4.69, 9.17) is 21.3 Å². The smallest absolute Gasteiger partial charge is 0.251 e. The number of nitrogens with zero attached hydrogens (tertiary/aromatic N) is 2. The van der Waals surface area contributed by atoms with Gasteiger partial charge in [-0.2, -0.15) is 0 Å². The summed E-state index contributed by atoms with van der Waals surface area (Å²) < 4.78 is 8.10. The number of carbonyl (C=O) groups is 1. The van der Waals surface area contributed by atoms with Crippen LogP contribution in [0.25, 0.3) is 11.0 Å². The normalized spacial score (nSPS) is 11.2. The van der Waals surface area contributed by atoms with Gasteiger partial charge in [0.15, 0.2) is 0 Å². The van der Waals surface area contributed by atoms with Crippen molar-refractivity contribution in [3.63, 3.8) is 0 Å². The molecule has 0 bridgehead atoms. The van der Waals surface area contributed by atoms with Crippen LogP contribution in [-0.2, 0) is 13.1 Å². The molecule has 170 valence electrons. The van der Waals surface area contributed by atoms with Crippen molar-refractivity contribution in [3.8, 4) is 5.75 Å². The van der Waals surface area contributed by atoms with Crippen LogP contribution in [0.5, 0.6) is 5.75 Å². The number of para-hydroxylation sites is 2. The van der Waals surface area contributed by atoms with Crippen LogP contribution < -0.4 is 10.1 Å². The highest BCUT2D eigenvalue weighted by molar-refractivity contribution is 6.30. The third kappa shape index (κ3) is 5.74. The van der Waals surface area contributed by atoms with E-state index in [1.54, 1.807) is 24.3 Å². The van der Waals surface area contributed by atoms with Crippen molar-refractivity contribution >= 4 is 28.5 Å². The molecule has 5 nitrogen and oxygen atoms in total. The Morgan fingerprint density at radius 1 is 1.03 bits per heavy atom. The highest BCUT2D eigenvalue weighted by Gasteiger charge is 2.12. The lowest BCUT2D eigenvalue weighted by Crippen LogP contribution is -2.25. The average molecular weight is 462 g/mol. The van der Waals surface area contributed by atoms with Crippen molar-refractivity contribution in [3.05, 3.63) is 94.8 Å². The van der Waals surface area contributed by atoms with Crippen molar-refractivity contribution in [1.82, 2.24) is 14.9 Å². The van der Waals surface area contributed by atoms with Crippen LogP contribution in [0.2, 0.25) is 5.02 Å². The second-order valence-corrected chi connectivity index (χ2v) is 8.72. The first-order chi connectivity index (χ1) is 16.0. The predicted octanol–water partition coefficient (Wildman–Crippen LogP) is 6.21. The molecule has 1 N–H and O–H groups in total. The lowest BCUT2D eigenvalue weighted by Gasteiger charge is -2.12. The summed E-state index contributed by atoms with van der Waals surface area (Å²) >= 11 is 5.92. The number of aromatic nitrogens is 2. The average Bonchev–Trinajstić information content (AvgIpc) is 3.18. The summed E-state index contributed by atoms with van der Waals surface area (Å²) in [5.74, 6) is 2.05. The van der Waals surface area contributed by atoms with Gasteiger partial charge in [0.05, 0.1) is 24.2 Å². The van der Waals surface area contributed by atoms with E-state index in [1.165, 1.54) is 5.56 Å². The fourth-order valence-electron chi connectivity index (χ4n) is 3.73. The van der Waals surface area contributed by atoms with Crippen LogP contribution in [0, 0.1) is 0 Å². The Labute approximate surface area is 199 Å². The SMILES string of the molecule is CC(C)c1ccc(OCCCn2c(CNC(=O)c3ccc(Cl)cc3)nc3ccccc32)cc1. The maximum Gasteiger partial charge on any atom is 0.251 e. The fraction of sp³-hybridized carbons (Fsp3) is 0.259. The number of imidazole rings is 1. The minimum absolute atomic E-state index is 0.154. The molecule has 0 spiro atoms. The molecular formula is C27H28ClN3O2. The molecule has 0 unspecified atom stereocenters. The number of amides is 1. The van der Waals surface area contributed by atoms with Gasteiger partial charge in [0, 0.05) is 17.1 Å². The zero-order chi connectivity index (χ0) is 23.2. The summed E-state index contributed by atoms with van der Waals surface area (Å²) in [6.45, 7) is 6.05. The van der Waals surface area contributed by atoms with Gasteiger partial charge in [-0.05, 0) is 66.4 Å². The number of hydrogen-bond donors (Lipinski definition) is 1. The van der Waals surface area contributed by atoms with Gasteiger partial charge in [0.25, 0.3) is 5.91 Å². The Balaban J connectivity index is 1.39. The van der Waals surface area contributed by atoms with Crippen molar-refractivity contribution in [1.29, 1.82) is 0 Å². The molecule has 33 heavy (non-hydrogen) atoms. The van der Waals surface area contributed by atoms with Crippen LogP contribution in [0.15, 0.2) is 72.8 Å². The molecule has 6 heteroatoms. The Bertz CT molecular complexity index is 1210. The first-order valence-corrected chi connectivity index (χ1v) is 11.6. The molecule has 0 aliphatic carbocycles. The largest absolute Gasteiger partial charge is 0.494 e.